The minimum absolute atomic E-state index is 0.0803. The predicted octanol–water partition coefficient (Wildman–Crippen LogP) is 8.20. The number of hydrogen-bond acceptors (Lipinski definition) is 9. The third-order valence-electron chi connectivity index (χ3n) is 8.68. The minimum atomic E-state index is -4.58. The van der Waals surface area contributed by atoms with Gasteiger partial charge in [0.15, 0.2) is 0 Å². The maximum Gasteiger partial charge on any atom is 0.330 e. The van der Waals surface area contributed by atoms with Gasteiger partial charge in [-0.15, -0.1) is 0 Å². The van der Waals surface area contributed by atoms with Crippen LogP contribution in [0.4, 0.5) is 0 Å². The Bertz CT molecular complexity index is 1100. The fourth-order valence-corrected chi connectivity index (χ4v) is 7.54. The molecule has 2 rings (SSSR count). The summed E-state index contributed by atoms with van der Waals surface area (Å²) < 4.78 is 36.4. The van der Waals surface area contributed by atoms with E-state index < -0.39 is 31.4 Å². The molecule has 12 heteroatoms. The zero-order valence-corrected chi connectivity index (χ0v) is 31.3. The van der Waals surface area contributed by atoms with Gasteiger partial charge in [0.1, 0.15) is 6.23 Å². The summed E-state index contributed by atoms with van der Waals surface area (Å²) in [5.74, 6) is 1.70. The van der Waals surface area contributed by atoms with Crippen LogP contribution < -0.4 is 16.1 Å². The van der Waals surface area contributed by atoms with Crippen molar-refractivity contribution in [2.24, 2.45) is 0 Å². The van der Waals surface area contributed by atoms with Crippen molar-refractivity contribution in [2.75, 3.05) is 31.3 Å². The Morgan fingerprint density at radius 1 is 0.894 bits per heavy atom. The third-order valence-corrected chi connectivity index (χ3v) is 10.8. The lowest BCUT2D eigenvalue weighted by Gasteiger charge is -2.27. The number of H-pyrrole nitrogens is 1. The SMILES string of the molecule is CCCCCCCCCCCCSCC(COP(=O)([O-])OC[C@@H]1CC[C@H](n2cc(C)c(=O)[nH]c2=O)O1)OCCCCCCCCCC. The van der Waals surface area contributed by atoms with Crippen molar-refractivity contribution in [1.29, 1.82) is 0 Å². The highest BCUT2D eigenvalue weighted by Gasteiger charge is 2.29. The summed E-state index contributed by atoms with van der Waals surface area (Å²) in [6, 6.07) is 0. The Balaban J connectivity index is 1.71. The Morgan fingerprint density at radius 3 is 2.09 bits per heavy atom. The van der Waals surface area contributed by atoms with Gasteiger partial charge in [-0.05, 0) is 38.4 Å². The maximum atomic E-state index is 12.6. The summed E-state index contributed by atoms with van der Waals surface area (Å²) >= 11 is 1.80. The number of rotatable bonds is 30. The van der Waals surface area contributed by atoms with E-state index in [1.165, 1.54) is 107 Å². The first-order chi connectivity index (χ1) is 22.8. The van der Waals surface area contributed by atoms with Crippen molar-refractivity contribution in [3.8, 4) is 0 Å². The van der Waals surface area contributed by atoms with E-state index in [-0.39, 0.29) is 19.3 Å². The summed E-state index contributed by atoms with van der Waals surface area (Å²) in [5, 5.41) is 0. The molecule has 0 aromatic carbocycles. The average molecular weight is 704 g/mol. The Labute approximate surface area is 288 Å². The molecule has 47 heavy (non-hydrogen) atoms. The van der Waals surface area contributed by atoms with E-state index in [9.17, 15) is 19.0 Å². The Kier molecular flexibility index (Phi) is 23.3. The fourth-order valence-electron chi connectivity index (χ4n) is 5.74. The van der Waals surface area contributed by atoms with E-state index in [4.69, 9.17) is 18.5 Å². The van der Waals surface area contributed by atoms with Crippen molar-refractivity contribution in [1.82, 2.24) is 9.55 Å². The van der Waals surface area contributed by atoms with Gasteiger partial charge in [-0.25, -0.2) is 4.79 Å². The standard InChI is InChI=1S/C35H65N2O8PS/c1-4-6-8-10-12-14-15-17-19-21-25-47-29-32(42-24-20-18-16-13-11-9-7-5-2)28-44-46(40,41)43-27-31-22-23-33(45-31)37-26-30(3)34(38)36-35(37)39/h26,31-33H,4-25,27-29H2,1-3H3,(H,40,41)(H,36,38,39)/p-1/t31-,32?,33+/m0/s1. The molecule has 1 aliphatic rings. The van der Waals surface area contributed by atoms with Crippen molar-refractivity contribution in [2.45, 2.75) is 168 Å². The molecule has 0 spiro atoms. The lowest BCUT2D eigenvalue weighted by molar-refractivity contribution is -0.230. The zero-order chi connectivity index (χ0) is 34.2. The number of aromatic amines is 1. The summed E-state index contributed by atoms with van der Waals surface area (Å²) in [4.78, 5) is 38.8. The molecular formula is C35H64N2O8PS-. The number of nitrogens with one attached hydrogen (secondary N) is 1. The number of phosphoric acid groups is 1. The first kappa shape index (κ1) is 42.2. The molecule has 0 bridgehead atoms. The molecule has 0 saturated carbocycles. The Morgan fingerprint density at radius 2 is 1.47 bits per heavy atom. The lowest BCUT2D eigenvalue weighted by Crippen LogP contribution is -2.33. The molecule has 10 nitrogen and oxygen atoms in total. The quantitative estimate of drug-likeness (QED) is 0.0622. The average Bonchev–Trinajstić information content (AvgIpc) is 3.52. The van der Waals surface area contributed by atoms with Gasteiger partial charge in [-0.1, -0.05) is 117 Å². The molecule has 0 amide bonds. The van der Waals surface area contributed by atoms with E-state index in [0.29, 0.717) is 30.8 Å². The summed E-state index contributed by atoms with van der Waals surface area (Å²) in [6.45, 7) is 6.40. The second-order valence-corrected chi connectivity index (χ2v) is 15.6. The first-order valence-corrected chi connectivity index (χ1v) is 21.1. The van der Waals surface area contributed by atoms with Crippen molar-refractivity contribution < 1.29 is 28.0 Å². The molecule has 274 valence electrons. The molecule has 0 radical (unpaired) electrons. The molecule has 1 aliphatic heterocycles. The number of aromatic nitrogens is 2. The molecular weight excluding hydrogens is 639 g/mol. The summed E-state index contributed by atoms with van der Waals surface area (Å²) in [5.41, 5.74) is -0.605. The molecule has 0 aliphatic carbocycles. The molecule has 1 aromatic rings. The number of thioether (sulfide) groups is 1. The van der Waals surface area contributed by atoms with Gasteiger partial charge in [0, 0.05) is 24.1 Å². The largest absolute Gasteiger partial charge is 0.756 e. The molecule has 1 fully saturated rings. The van der Waals surface area contributed by atoms with Gasteiger partial charge in [-0.2, -0.15) is 11.8 Å². The monoisotopic (exact) mass is 703 g/mol. The van der Waals surface area contributed by atoms with Crippen LogP contribution in [0.5, 0.6) is 0 Å². The number of hydrogen-bond donors (Lipinski definition) is 1. The highest BCUT2D eigenvalue weighted by Crippen LogP contribution is 2.40. The molecule has 4 atom stereocenters. The van der Waals surface area contributed by atoms with Crippen LogP contribution in [-0.4, -0.2) is 53.1 Å². The van der Waals surface area contributed by atoms with Crippen molar-refractivity contribution >= 4 is 19.6 Å². The van der Waals surface area contributed by atoms with Crippen LogP contribution in [0.2, 0.25) is 0 Å². The van der Waals surface area contributed by atoms with Gasteiger partial charge >= 0.3 is 5.69 Å². The van der Waals surface area contributed by atoms with Crippen LogP contribution in [0.15, 0.2) is 15.8 Å². The van der Waals surface area contributed by atoms with Crippen LogP contribution in [0, 0.1) is 6.92 Å². The van der Waals surface area contributed by atoms with Crippen LogP contribution in [0.3, 0.4) is 0 Å². The number of phosphoric ester groups is 1. The highest BCUT2D eigenvalue weighted by atomic mass is 32.2. The van der Waals surface area contributed by atoms with E-state index in [0.717, 1.165) is 25.0 Å². The van der Waals surface area contributed by atoms with E-state index in [1.807, 2.05) is 0 Å². The molecule has 2 unspecified atom stereocenters. The summed E-state index contributed by atoms with van der Waals surface area (Å²) in [6.07, 6.45) is 23.7. The second-order valence-electron chi connectivity index (χ2n) is 13.0. The second kappa shape index (κ2) is 25.9. The number of nitrogens with zero attached hydrogens (tertiary/aromatic N) is 1. The predicted molar refractivity (Wildman–Crippen MR) is 190 cm³/mol. The topological polar surface area (TPSA) is 132 Å². The highest BCUT2D eigenvalue weighted by molar-refractivity contribution is 7.99. The lowest BCUT2D eigenvalue weighted by atomic mass is 10.1. The van der Waals surface area contributed by atoms with E-state index in [1.54, 1.807) is 18.7 Å². The molecule has 1 N–H and O–H groups in total. The number of ether oxygens (including phenoxy) is 2. The van der Waals surface area contributed by atoms with Crippen LogP contribution in [0.1, 0.15) is 154 Å². The number of aryl methyl sites for hydroxylation is 1. The van der Waals surface area contributed by atoms with Gasteiger partial charge in [0.05, 0.1) is 25.4 Å². The van der Waals surface area contributed by atoms with Gasteiger partial charge in [0.25, 0.3) is 13.4 Å². The molecule has 2 heterocycles. The minimum Gasteiger partial charge on any atom is -0.756 e. The van der Waals surface area contributed by atoms with E-state index in [2.05, 4.69) is 18.8 Å². The first-order valence-electron chi connectivity index (χ1n) is 18.5. The van der Waals surface area contributed by atoms with Crippen molar-refractivity contribution in [3.05, 3.63) is 32.6 Å². The van der Waals surface area contributed by atoms with Crippen molar-refractivity contribution in [3.63, 3.8) is 0 Å². The Hall–Kier alpha value is -0.940. The van der Waals surface area contributed by atoms with Crippen LogP contribution in [0.25, 0.3) is 0 Å². The molecule has 1 aromatic heterocycles. The van der Waals surface area contributed by atoms with Crippen LogP contribution in [-0.2, 0) is 23.1 Å². The van der Waals surface area contributed by atoms with Gasteiger partial charge in [0.2, 0.25) is 0 Å². The number of unbranched alkanes of at least 4 members (excludes halogenated alkanes) is 16. The van der Waals surface area contributed by atoms with Gasteiger partial charge < -0.3 is 23.4 Å². The summed E-state index contributed by atoms with van der Waals surface area (Å²) in [7, 11) is -4.58. The smallest absolute Gasteiger partial charge is 0.330 e. The fraction of sp³-hybridized carbons (Fsp3) is 0.886. The normalized spacial score (nSPS) is 18.5. The maximum absolute atomic E-state index is 12.6. The zero-order valence-electron chi connectivity index (χ0n) is 29.6. The van der Waals surface area contributed by atoms with E-state index >= 15 is 0 Å². The third kappa shape index (κ3) is 19.7. The van der Waals surface area contributed by atoms with Gasteiger partial charge in [-0.3, -0.25) is 18.9 Å². The molecule has 1 saturated heterocycles. The van der Waals surface area contributed by atoms with Crippen LogP contribution >= 0.6 is 19.6 Å².